The zero-order valence-corrected chi connectivity index (χ0v) is 17.4. The van der Waals surface area contributed by atoms with E-state index in [-0.39, 0.29) is 6.04 Å². The van der Waals surface area contributed by atoms with Gasteiger partial charge in [-0.1, -0.05) is 52.3 Å². The molecular weight excluding hydrogens is 410 g/mol. The Kier molecular flexibility index (Phi) is 4.09. The molecule has 1 N–H and O–H groups in total. The normalized spacial score (nSPS) is 15.8. The van der Waals surface area contributed by atoms with E-state index in [1.165, 1.54) is 22.3 Å². The molecule has 1 atom stereocenters. The standard InChI is InChI=1S/C24H20BrN3/c1-15-7-8-18(13-16(15)2)21-14-23(17-9-11-19(25)12-10-17)28-22-6-4-3-5-20(22)26-24(28)27-21/h3-14,23H,1-2H3,(H,26,27)/t23-/m0/s1. The van der Waals surface area contributed by atoms with Gasteiger partial charge in [0, 0.05) is 10.2 Å². The number of anilines is 1. The molecule has 1 aliphatic heterocycles. The number of fused-ring (bicyclic) bond motifs is 3. The minimum atomic E-state index is 0.0772. The minimum Gasteiger partial charge on any atom is -0.325 e. The number of benzene rings is 3. The lowest BCUT2D eigenvalue weighted by Gasteiger charge is -2.27. The number of imidazole rings is 1. The van der Waals surface area contributed by atoms with Crippen LogP contribution in [-0.2, 0) is 0 Å². The monoisotopic (exact) mass is 429 g/mol. The van der Waals surface area contributed by atoms with E-state index in [2.05, 4.69) is 106 Å². The Morgan fingerprint density at radius 2 is 1.71 bits per heavy atom. The van der Waals surface area contributed by atoms with Gasteiger partial charge in [0.05, 0.1) is 17.1 Å². The summed E-state index contributed by atoms with van der Waals surface area (Å²) in [5.74, 6) is 0.879. The number of allylic oxidation sites excluding steroid dienone is 1. The summed E-state index contributed by atoms with van der Waals surface area (Å²) in [6.45, 7) is 4.30. The highest BCUT2D eigenvalue weighted by molar-refractivity contribution is 9.10. The number of aryl methyl sites for hydroxylation is 2. The Morgan fingerprint density at radius 1 is 0.929 bits per heavy atom. The highest BCUT2D eigenvalue weighted by Gasteiger charge is 2.25. The third-order valence-electron chi connectivity index (χ3n) is 5.47. The summed E-state index contributed by atoms with van der Waals surface area (Å²) in [5.41, 5.74) is 8.24. The van der Waals surface area contributed by atoms with E-state index in [1.54, 1.807) is 0 Å². The lowest BCUT2D eigenvalue weighted by molar-refractivity contribution is 0.720. The first kappa shape index (κ1) is 17.3. The second-order valence-electron chi connectivity index (χ2n) is 7.29. The molecule has 5 rings (SSSR count). The number of hydrogen-bond donors (Lipinski definition) is 1. The molecule has 1 aliphatic rings. The van der Waals surface area contributed by atoms with Crippen molar-refractivity contribution in [3.63, 3.8) is 0 Å². The van der Waals surface area contributed by atoms with Gasteiger partial charge < -0.3 is 5.32 Å². The summed E-state index contributed by atoms with van der Waals surface area (Å²) in [5, 5.41) is 3.56. The largest absolute Gasteiger partial charge is 0.325 e. The van der Waals surface area contributed by atoms with Crippen LogP contribution in [0, 0.1) is 13.8 Å². The first-order valence-corrected chi connectivity index (χ1v) is 10.2. The summed E-state index contributed by atoms with van der Waals surface area (Å²) in [6, 6.07) is 23.5. The Morgan fingerprint density at radius 3 is 2.50 bits per heavy atom. The summed E-state index contributed by atoms with van der Waals surface area (Å²) >= 11 is 3.55. The van der Waals surface area contributed by atoms with Crippen LogP contribution in [0.3, 0.4) is 0 Å². The molecule has 2 heterocycles. The van der Waals surface area contributed by atoms with Crippen molar-refractivity contribution in [3.8, 4) is 0 Å². The first-order valence-electron chi connectivity index (χ1n) is 9.39. The Balaban J connectivity index is 1.71. The number of aromatic nitrogens is 2. The van der Waals surface area contributed by atoms with Gasteiger partial charge in [-0.2, -0.15) is 0 Å². The van der Waals surface area contributed by atoms with Crippen LogP contribution in [0.1, 0.15) is 28.3 Å². The third kappa shape index (κ3) is 2.85. The third-order valence-corrected chi connectivity index (χ3v) is 6.00. The lowest BCUT2D eigenvalue weighted by atomic mass is 9.99. The molecule has 0 amide bonds. The highest BCUT2D eigenvalue weighted by Crippen LogP contribution is 2.37. The molecule has 0 unspecified atom stereocenters. The van der Waals surface area contributed by atoms with Crippen molar-refractivity contribution in [1.29, 1.82) is 0 Å². The maximum absolute atomic E-state index is 4.86. The summed E-state index contributed by atoms with van der Waals surface area (Å²) in [6.07, 6.45) is 2.30. The Labute approximate surface area is 172 Å². The maximum Gasteiger partial charge on any atom is 0.209 e. The molecule has 28 heavy (non-hydrogen) atoms. The van der Waals surface area contributed by atoms with Crippen molar-refractivity contribution >= 4 is 38.6 Å². The zero-order chi connectivity index (χ0) is 19.3. The van der Waals surface area contributed by atoms with Crippen molar-refractivity contribution in [2.45, 2.75) is 19.9 Å². The van der Waals surface area contributed by atoms with Gasteiger partial charge in [0.2, 0.25) is 5.95 Å². The minimum absolute atomic E-state index is 0.0772. The molecule has 138 valence electrons. The van der Waals surface area contributed by atoms with Crippen LogP contribution >= 0.6 is 15.9 Å². The fourth-order valence-corrected chi connectivity index (χ4v) is 4.06. The highest BCUT2D eigenvalue weighted by atomic mass is 79.9. The predicted octanol–water partition coefficient (Wildman–Crippen LogP) is 6.47. The molecule has 0 saturated carbocycles. The van der Waals surface area contributed by atoms with Gasteiger partial charge in [0.25, 0.3) is 0 Å². The summed E-state index contributed by atoms with van der Waals surface area (Å²) < 4.78 is 3.36. The molecule has 3 nitrogen and oxygen atoms in total. The van der Waals surface area contributed by atoms with Crippen LogP contribution in [0.5, 0.6) is 0 Å². The van der Waals surface area contributed by atoms with Gasteiger partial charge in [-0.05, 0) is 72.5 Å². The van der Waals surface area contributed by atoms with Crippen LogP contribution in [-0.4, -0.2) is 9.55 Å². The molecule has 3 aromatic carbocycles. The molecular formula is C24H20BrN3. The molecule has 0 saturated heterocycles. The van der Waals surface area contributed by atoms with Gasteiger partial charge in [-0.15, -0.1) is 0 Å². The van der Waals surface area contributed by atoms with Crippen LogP contribution < -0.4 is 5.32 Å². The lowest BCUT2D eigenvalue weighted by Crippen LogP contribution is -2.19. The number of hydrogen-bond acceptors (Lipinski definition) is 2. The van der Waals surface area contributed by atoms with Crippen molar-refractivity contribution in [2.75, 3.05) is 5.32 Å². The smallest absolute Gasteiger partial charge is 0.209 e. The molecule has 0 fully saturated rings. The SMILES string of the molecule is Cc1ccc(C2=C[C@@H](c3ccc(Br)cc3)n3c(nc4ccccc43)N2)cc1C. The second kappa shape index (κ2) is 6.64. The van der Waals surface area contributed by atoms with Crippen molar-refractivity contribution in [2.24, 2.45) is 0 Å². The van der Waals surface area contributed by atoms with E-state index in [0.29, 0.717) is 0 Å². The fraction of sp³-hybridized carbons (Fsp3) is 0.125. The average molecular weight is 430 g/mol. The van der Waals surface area contributed by atoms with E-state index in [0.717, 1.165) is 27.2 Å². The van der Waals surface area contributed by atoms with Crippen LogP contribution in [0.25, 0.3) is 16.7 Å². The first-order chi connectivity index (χ1) is 13.6. The van der Waals surface area contributed by atoms with Crippen LogP contribution in [0.2, 0.25) is 0 Å². The molecule has 0 aliphatic carbocycles. The number of halogens is 1. The van der Waals surface area contributed by atoms with Gasteiger partial charge in [-0.3, -0.25) is 4.57 Å². The van der Waals surface area contributed by atoms with E-state index in [4.69, 9.17) is 4.98 Å². The summed E-state index contributed by atoms with van der Waals surface area (Å²) in [7, 11) is 0. The molecule has 0 radical (unpaired) electrons. The number of nitrogens with zero attached hydrogens (tertiary/aromatic N) is 2. The van der Waals surface area contributed by atoms with Gasteiger partial charge >= 0.3 is 0 Å². The Hall–Kier alpha value is -2.85. The van der Waals surface area contributed by atoms with E-state index >= 15 is 0 Å². The predicted molar refractivity (Wildman–Crippen MR) is 120 cm³/mol. The Bertz CT molecular complexity index is 1220. The van der Waals surface area contributed by atoms with Crippen LogP contribution in [0.4, 0.5) is 5.95 Å². The molecule has 0 spiro atoms. The van der Waals surface area contributed by atoms with E-state index < -0.39 is 0 Å². The number of nitrogens with one attached hydrogen (secondary N) is 1. The summed E-state index contributed by atoms with van der Waals surface area (Å²) in [4.78, 5) is 4.86. The molecule has 1 aromatic heterocycles. The molecule has 0 bridgehead atoms. The van der Waals surface area contributed by atoms with Crippen molar-refractivity contribution in [3.05, 3.63) is 99.5 Å². The fourth-order valence-electron chi connectivity index (χ4n) is 3.79. The van der Waals surface area contributed by atoms with Gasteiger partial charge in [0.15, 0.2) is 0 Å². The number of para-hydroxylation sites is 2. The zero-order valence-electron chi connectivity index (χ0n) is 15.8. The van der Waals surface area contributed by atoms with Gasteiger partial charge in [0.1, 0.15) is 0 Å². The van der Waals surface area contributed by atoms with Crippen LogP contribution in [0.15, 0.2) is 77.3 Å². The van der Waals surface area contributed by atoms with E-state index in [1.807, 2.05) is 6.07 Å². The second-order valence-corrected chi connectivity index (χ2v) is 8.21. The quantitative estimate of drug-likeness (QED) is 0.395. The van der Waals surface area contributed by atoms with Crippen molar-refractivity contribution in [1.82, 2.24) is 9.55 Å². The number of rotatable bonds is 2. The molecule has 4 heteroatoms. The van der Waals surface area contributed by atoms with E-state index in [9.17, 15) is 0 Å². The topological polar surface area (TPSA) is 29.9 Å². The van der Waals surface area contributed by atoms with Crippen molar-refractivity contribution < 1.29 is 0 Å². The molecule has 4 aromatic rings. The maximum atomic E-state index is 4.86. The van der Waals surface area contributed by atoms with Gasteiger partial charge in [-0.25, -0.2) is 4.98 Å². The average Bonchev–Trinajstić information content (AvgIpc) is 3.08.